The number of benzene rings is 1. The van der Waals surface area contributed by atoms with E-state index in [9.17, 15) is 0 Å². The number of methoxy groups -OCH3 is 1. The molecular formula is C15H24ClNO. The van der Waals surface area contributed by atoms with Crippen LogP contribution in [0.1, 0.15) is 43.4 Å². The van der Waals surface area contributed by atoms with Crippen LogP contribution in [0.5, 0.6) is 0 Å². The lowest BCUT2D eigenvalue weighted by molar-refractivity contribution is 0.191. The summed E-state index contributed by atoms with van der Waals surface area (Å²) in [4.78, 5) is 0. The summed E-state index contributed by atoms with van der Waals surface area (Å²) >= 11 is 6.40. The van der Waals surface area contributed by atoms with Crippen LogP contribution in [-0.4, -0.2) is 20.3 Å². The number of hydrogen-bond donors (Lipinski definition) is 1. The van der Waals surface area contributed by atoms with Gasteiger partial charge in [-0.05, 0) is 43.9 Å². The number of rotatable bonds is 8. The van der Waals surface area contributed by atoms with E-state index < -0.39 is 0 Å². The molecule has 0 amide bonds. The second kappa shape index (κ2) is 8.52. The van der Waals surface area contributed by atoms with Gasteiger partial charge >= 0.3 is 0 Å². The molecule has 1 rings (SSSR count). The molecule has 102 valence electrons. The molecule has 1 aromatic rings. The van der Waals surface area contributed by atoms with Crippen molar-refractivity contribution in [1.82, 2.24) is 5.32 Å². The van der Waals surface area contributed by atoms with Crippen LogP contribution in [0.4, 0.5) is 0 Å². The molecule has 0 aliphatic carbocycles. The van der Waals surface area contributed by atoms with Crippen molar-refractivity contribution in [3.63, 3.8) is 0 Å². The van der Waals surface area contributed by atoms with Crippen molar-refractivity contribution in [3.8, 4) is 0 Å². The first-order chi connectivity index (χ1) is 8.70. The Kier molecular flexibility index (Phi) is 7.33. The van der Waals surface area contributed by atoms with Crippen LogP contribution < -0.4 is 5.32 Å². The minimum atomic E-state index is 0.347. The quantitative estimate of drug-likeness (QED) is 0.717. The summed E-state index contributed by atoms with van der Waals surface area (Å²) in [6, 6.07) is 6.61. The van der Waals surface area contributed by atoms with E-state index in [1.807, 2.05) is 0 Å². The summed E-state index contributed by atoms with van der Waals surface area (Å²) < 4.78 is 5.09. The molecule has 0 heterocycles. The number of ether oxygens (including phenoxy) is 1. The molecule has 1 N–H and O–H groups in total. The molecule has 0 saturated heterocycles. The Morgan fingerprint density at radius 3 is 2.78 bits per heavy atom. The van der Waals surface area contributed by atoms with E-state index in [0.29, 0.717) is 6.04 Å². The van der Waals surface area contributed by atoms with Crippen molar-refractivity contribution in [2.75, 3.05) is 20.3 Å². The van der Waals surface area contributed by atoms with Crippen LogP contribution in [0.2, 0.25) is 5.02 Å². The Morgan fingerprint density at radius 1 is 1.33 bits per heavy atom. The molecule has 0 bridgehead atoms. The molecule has 0 saturated carbocycles. The van der Waals surface area contributed by atoms with Gasteiger partial charge in [0.05, 0.1) is 0 Å². The highest BCUT2D eigenvalue weighted by Crippen LogP contribution is 2.29. The van der Waals surface area contributed by atoms with Gasteiger partial charge in [0.1, 0.15) is 0 Å². The minimum Gasteiger partial charge on any atom is -0.385 e. The van der Waals surface area contributed by atoms with E-state index in [1.54, 1.807) is 7.11 Å². The van der Waals surface area contributed by atoms with Gasteiger partial charge in [0.25, 0.3) is 0 Å². The van der Waals surface area contributed by atoms with E-state index in [0.717, 1.165) is 43.0 Å². The highest BCUT2D eigenvalue weighted by molar-refractivity contribution is 6.32. The summed E-state index contributed by atoms with van der Waals surface area (Å²) in [7, 11) is 1.75. The molecule has 2 nitrogen and oxygen atoms in total. The Hall–Kier alpha value is -0.570. The molecule has 18 heavy (non-hydrogen) atoms. The smallest absolute Gasteiger partial charge is 0.0482 e. The number of nitrogens with one attached hydrogen (secondary N) is 1. The third-order valence-electron chi connectivity index (χ3n) is 3.14. The van der Waals surface area contributed by atoms with Gasteiger partial charge in [-0.15, -0.1) is 0 Å². The van der Waals surface area contributed by atoms with Crippen molar-refractivity contribution in [2.45, 2.75) is 39.2 Å². The number of unbranched alkanes of at least 4 members (excludes halogenated alkanes) is 1. The van der Waals surface area contributed by atoms with Crippen molar-refractivity contribution in [3.05, 3.63) is 34.3 Å². The van der Waals surface area contributed by atoms with E-state index in [4.69, 9.17) is 16.3 Å². The first-order valence-corrected chi connectivity index (χ1v) is 7.05. The minimum absolute atomic E-state index is 0.347. The lowest BCUT2D eigenvalue weighted by Crippen LogP contribution is -2.21. The zero-order chi connectivity index (χ0) is 13.4. The topological polar surface area (TPSA) is 21.3 Å². The molecule has 0 fully saturated rings. The summed E-state index contributed by atoms with van der Waals surface area (Å²) in [5.74, 6) is 0. The summed E-state index contributed by atoms with van der Waals surface area (Å²) in [5.41, 5.74) is 2.37. The fraction of sp³-hybridized carbons (Fsp3) is 0.600. The zero-order valence-electron chi connectivity index (χ0n) is 11.6. The average Bonchev–Trinajstić information content (AvgIpc) is 2.37. The second-order valence-electron chi connectivity index (χ2n) is 4.58. The lowest BCUT2D eigenvalue weighted by Gasteiger charge is -2.20. The Balaban J connectivity index is 2.68. The monoisotopic (exact) mass is 269 g/mol. The molecule has 0 spiro atoms. The molecular weight excluding hydrogens is 246 g/mol. The maximum absolute atomic E-state index is 6.40. The van der Waals surface area contributed by atoms with Crippen molar-refractivity contribution in [1.29, 1.82) is 0 Å². The lowest BCUT2D eigenvalue weighted by atomic mass is 9.99. The molecule has 0 aromatic heterocycles. The molecule has 1 unspecified atom stereocenters. The van der Waals surface area contributed by atoms with Gasteiger partial charge in [0.2, 0.25) is 0 Å². The van der Waals surface area contributed by atoms with E-state index >= 15 is 0 Å². The maximum Gasteiger partial charge on any atom is 0.0482 e. The molecule has 1 atom stereocenters. The molecule has 3 heteroatoms. The predicted octanol–water partition coefficient (Wildman–Crippen LogP) is 4.12. The third-order valence-corrected chi connectivity index (χ3v) is 3.66. The molecule has 0 aliphatic heterocycles. The first-order valence-electron chi connectivity index (χ1n) is 6.68. The normalized spacial score (nSPS) is 12.7. The second-order valence-corrected chi connectivity index (χ2v) is 4.95. The number of hydrogen-bond acceptors (Lipinski definition) is 2. The SMILES string of the molecule is CCNC(CCCCOC)c1cccc(C)c1Cl. The standard InChI is InChI=1S/C15H24ClNO/c1-4-17-14(10-5-6-11-18-3)13-9-7-8-12(2)15(13)16/h7-9,14,17H,4-6,10-11H2,1-3H3. The summed E-state index contributed by atoms with van der Waals surface area (Å²) in [5, 5.41) is 4.42. The van der Waals surface area contributed by atoms with Gasteiger partial charge in [-0.3, -0.25) is 0 Å². The molecule has 0 radical (unpaired) electrons. The van der Waals surface area contributed by atoms with Crippen LogP contribution in [0, 0.1) is 6.92 Å². The van der Waals surface area contributed by atoms with E-state index in [1.165, 1.54) is 5.56 Å². The van der Waals surface area contributed by atoms with Gasteiger partial charge in [0.15, 0.2) is 0 Å². The zero-order valence-corrected chi connectivity index (χ0v) is 12.4. The average molecular weight is 270 g/mol. The highest BCUT2D eigenvalue weighted by Gasteiger charge is 2.14. The highest BCUT2D eigenvalue weighted by atomic mass is 35.5. The van der Waals surface area contributed by atoms with Gasteiger partial charge in [-0.1, -0.05) is 36.7 Å². The fourth-order valence-corrected chi connectivity index (χ4v) is 2.41. The van der Waals surface area contributed by atoms with Crippen LogP contribution >= 0.6 is 11.6 Å². The first kappa shape index (κ1) is 15.5. The number of halogens is 1. The molecule has 1 aromatic carbocycles. The third kappa shape index (κ3) is 4.60. The van der Waals surface area contributed by atoms with Crippen molar-refractivity contribution >= 4 is 11.6 Å². The summed E-state index contributed by atoms with van der Waals surface area (Å²) in [6.45, 7) is 5.98. The molecule has 0 aliphatic rings. The van der Waals surface area contributed by atoms with E-state index in [-0.39, 0.29) is 0 Å². The van der Waals surface area contributed by atoms with Crippen LogP contribution in [-0.2, 0) is 4.74 Å². The van der Waals surface area contributed by atoms with Crippen molar-refractivity contribution in [2.24, 2.45) is 0 Å². The van der Waals surface area contributed by atoms with Crippen LogP contribution in [0.3, 0.4) is 0 Å². The Labute approximate surface area is 116 Å². The van der Waals surface area contributed by atoms with Crippen molar-refractivity contribution < 1.29 is 4.74 Å². The Morgan fingerprint density at radius 2 is 2.11 bits per heavy atom. The fourth-order valence-electron chi connectivity index (χ4n) is 2.15. The largest absolute Gasteiger partial charge is 0.385 e. The number of aryl methyl sites for hydroxylation is 1. The predicted molar refractivity (Wildman–Crippen MR) is 78.3 cm³/mol. The van der Waals surface area contributed by atoms with Crippen LogP contribution in [0.15, 0.2) is 18.2 Å². The van der Waals surface area contributed by atoms with Crippen LogP contribution in [0.25, 0.3) is 0 Å². The van der Waals surface area contributed by atoms with Gasteiger partial charge in [0, 0.05) is 24.8 Å². The van der Waals surface area contributed by atoms with E-state index in [2.05, 4.69) is 37.4 Å². The maximum atomic E-state index is 6.40. The summed E-state index contributed by atoms with van der Waals surface area (Å²) in [6.07, 6.45) is 3.35. The Bertz CT molecular complexity index is 354. The van der Waals surface area contributed by atoms with Gasteiger partial charge < -0.3 is 10.1 Å². The van der Waals surface area contributed by atoms with Gasteiger partial charge in [-0.2, -0.15) is 0 Å². The van der Waals surface area contributed by atoms with Gasteiger partial charge in [-0.25, -0.2) is 0 Å².